The van der Waals surface area contributed by atoms with E-state index in [9.17, 15) is 0 Å². The maximum absolute atomic E-state index is 5.01. The quantitative estimate of drug-likeness (QED) is 0.344. The van der Waals surface area contributed by atoms with E-state index in [0.29, 0.717) is 0 Å². The molecule has 0 atom stereocenters. The molecule has 78 valence electrons. The van der Waals surface area contributed by atoms with Gasteiger partial charge < -0.3 is 0 Å². The van der Waals surface area contributed by atoms with Crippen molar-refractivity contribution in [3.8, 4) is 0 Å². The molecule has 0 aliphatic rings. The first-order valence-electron chi connectivity index (χ1n) is 4.15. The van der Waals surface area contributed by atoms with E-state index in [-0.39, 0.29) is 11.2 Å². The topological polar surface area (TPSA) is 36.9 Å². The maximum atomic E-state index is 5.01. The Bertz CT molecular complexity index is 120. The molecule has 2 radical (unpaired) electrons. The van der Waals surface area contributed by atoms with Gasteiger partial charge in [-0.1, -0.05) is 0 Å². The van der Waals surface area contributed by atoms with E-state index in [0.717, 1.165) is 0 Å². The van der Waals surface area contributed by atoms with Crippen LogP contribution in [0, 0.1) is 0 Å². The van der Waals surface area contributed by atoms with Crippen molar-refractivity contribution in [1.82, 2.24) is 0 Å². The SMILES string of the molecule is CC(C)(C)O[O][Sn][O]OC(C)(C)C. The Morgan fingerprint density at radius 2 is 1.00 bits per heavy atom. The summed E-state index contributed by atoms with van der Waals surface area (Å²) in [7, 11) is 0. The first kappa shape index (κ1) is 13.6. The second-order valence-corrected chi connectivity index (χ2v) is 6.07. The molecule has 0 aromatic carbocycles. The van der Waals surface area contributed by atoms with Crippen LogP contribution in [0.2, 0.25) is 0 Å². The van der Waals surface area contributed by atoms with Crippen molar-refractivity contribution < 1.29 is 16.2 Å². The molecule has 0 aliphatic heterocycles. The molecule has 0 bridgehead atoms. The van der Waals surface area contributed by atoms with Crippen molar-refractivity contribution >= 4 is 22.0 Å². The van der Waals surface area contributed by atoms with E-state index < -0.39 is 22.0 Å². The zero-order chi connectivity index (χ0) is 10.5. The van der Waals surface area contributed by atoms with Crippen LogP contribution in [0.25, 0.3) is 0 Å². The molecule has 0 amide bonds. The van der Waals surface area contributed by atoms with Crippen molar-refractivity contribution in [2.45, 2.75) is 52.7 Å². The molecule has 5 heteroatoms. The van der Waals surface area contributed by atoms with Gasteiger partial charge in [-0.15, -0.1) is 0 Å². The molecule has 0 fully saturated rings. The Morgan fingerprint density at radius 3 is 1.23 bits per heavy atom. The Balaban J connectivity index is 3.28. The van der Waals surface area contributed by atoms with Gasteiger partial charge in [-0.25, -0.2) is 0 Å². The minimum atomic E-state index is -1.45. The van der Waals surface area contributed by atoms with E-state index in [1.807, 2.05) is 41.5 Å². The number of hydrogen-bond acceptors (Lipinski definition) is 4. The molecule has 0 rings (SSSR count). The Hall–Kier alpha value is 0.639. The fourth-order valence-corrected chi connectivity index (χ4v) is 2.00. The summed E-state index contributed by atoms with van der Waals surface area (Å²) in [6.07, 6.45) is 0. The molecule has 0 saturated carbocycles. The standard InChI is InChI=1S/2C4H10O2.Sn/c2*1-4(2,3)6-5;/h2*5H,1-3H3;/q;;+2/p-2. The average molecular weight is 297 g/mol. The summed E-state index contributed by atoms with van der Waals surface area (Å²) in [6, 6.07) is 0. The van der Waals surface area contributed by atoms with Gasteiger partial charge in [-0.3, -0.25) is 0 Å². The summed E-state index contributed by atoms with van der Waals surface area (Å²) >= 11 is -1.45. The second-order valence-electron chi connectivity index (χ2n) is 4.64. The summed E-state index contributed by atoms with van der Waals surface area (Å²) < 4.78 is 9.83. The van der Waals surface area contributed by atoms with Crippen LogP contribution in [0.4, 0.5) is 0 Å². The van der Waals surface area contributed by atoms with E-state index in [4.69, 9.17) is 16.2 Å². The molecule has 0 N–H and O–H groups in total. The number of rotatable bonds is 4. The summed E-state index contributed by atoms with van der Waals surface area (Å²) in [6.45, 7) is 11.5. The van der Waals surface area contributed by atoms with Gasteiger partial charge in [0.05, 0.1) is 0 Å². The predicted octanol–water partition coefficient (Wildman–Crippen LogP) is 2.01. The van der Waals surface area contributed by atoms with E-state index in [2.05, 4.69) is 0 Å². The third kappa shape index (κ3) is 12.6. The molecular formula is C8H18O4Sn. The first-order chi connectivity index (χ1) is 5.71. The van der Waals surface area contributed by atoms with Crippen LogP contribution < -0.4 is 0 Å². The van der Waals surface area contributed by atoms with Crippen LogP contribution in [-0.4, -0.2) is 33.2 Å². The van der Waals surface area contributed by atoms with Gasteiger partial charge in [0.1, 0.15) is 0 Å². The molecular weight excluding hydrogens is 279 g/mol. The molecule has 0 heterocycles. The molecule has 0 aromatic heterocycles. The predicted molar refractivity (Wildman–Crippen MR) is 49.6 cm³/mol. The van der Waals surface area contributed by atoms with Crippen molar-refractivity contribution in [3.05, 3.63) is 0 Å². The van der Waals surface area contributed by atoms with E-state index >= 15 is 0 Å². The molecule has 13 heavy (non-hydrogen) atoms. The Morgan fingerprint density at radius 1 is 0.692 bits per heavy atom. The van der Waals surface area contributed by atoms with Crippen LogP contribution in [0.3, 0.4) is 0 Å². The van der Waals surface area contributed by atoms with Gasteiger partial charge >= 0.3 is 90.9 Å². The van der Waals surface area contributed by atoms with Crippen LogP contribution in [0.15, 0.2) is 0 Å². The Kier molecular flexibility index (Phi) is 5.77. The van der Waals surface area contributed by atoms with Crippen molar-refractivity contribution in [1.29, 1.82) is 0 Å². The van der Waals surface area contributed by atoms with Crippen LogP contribution >= 0.6 is 0 Å². The van der Waals surface area contributed by atoms with Gasteiger partial charge in [0, 0.05) is 0 Å². The van der Waals surface area contributed by atoms with Crippen molar-refractivity contribution in [2.24, 2.45) is 0 Å². The van der Waals surface area contributed by atoms with Crippen molar-refractivity contribution in [2.75, 3.05) is 0 Å². The average Bonchev–Trinajstić information content (AvgIpc) is 1.81. The fraction of sp³-hybridized carbons (Fsp3) is 1.00. The van der Waals surface area contributed by atoms with E-state index in [1.54, 1.807) is 0 Å². The molecule has 0 aliphatic carbocycles. The fourth-order valence-electron chi connectivity index (χ4n) is 0.298. The van der Waals surface area contributed by atoms with Crippen LogP contribution in [0.5, 0.6) is 0 Å². The molecule has 0 unspecified atom stereocenters. The second kappa shape index (κ2) is 5.50. The summed E-state index contributed by atoms with van der Waals surface area (Å²) in [5, 5.41) is 0. The van der Waals surface area contributed by atoms with Gasteiger partial charge in [0.15, 0.2) is 0 Å². The molecule has 0 aromatic rings. The molecule has 4 nitrogen and oxygen atoms in total. The summed E-state index contributed by atoms with van der Waals surface area (Å²) in [5.41, 5.74) is -0.572. The zero-order valence-electron chi connectivity index (χ0n) is 9.13. The normalized spacial score (nSPS) is 13.4. The number of hydrogen-bond donors (Lipinski definition) is 0. The minimum absolute atomic E-state index is 0.286. The zero-order valence-corrected chi connectivity index (χ0v) is 12.0. The summed E-state index contributed by atoms with van der Waals surface area (Å²) in [4.78, 5) is 10.0. The van der Waals surface area contributed by atoms with E-state index in [1.165, 1.54) is 0 Å². The summed E-state index contributed by atoms with van der Waals surface area (Å²) in [5.74, 6) is 0. The van der Waals surface area contributed by atoms with Crippen LogP contribution in [-0.2, 0) is 16.2 Å². The third-order valence-electron chi connectivity index (χ3n) is 0.651. The Labute approximate surface area is 91.1 Å². The molecule has 0 saturated heterocycles. The van der Waals surface area contributed by atoms with Gasteiger partial charge in [-0.05, 0) is 0 Å². The van der Waals surface area contributed by atoms with Gasteiger partial charge in [0.2, 0.25) is 0 Å². The van der Waals surface area contributed by atoms with Gasteiger partial charge in [0.25, 0.3) is 0 Å². The first-order valence-corrected chi connectivity index (χ1v) is 6.48. The molecule has 0 spiro atoms. The van der Waals surface area contributed by atoms with Crippen LogP contribution in [0.1, 0.15) is 41.5 Å². The van der Waals surface area contributed by atoms with Gasteiger partial charge in [-0.2, -0.15) is 0 Å². The van der Waals surface area contributed by atoms with Crippen molar-refractivity contribution in [3.63, 3.8) is 0 Å². The third-order valence-corrected chi connectivity index (χ3v) is 1.52. The monoisotopic (exact) mass is 298 g/mol.